The van der Waals surface area contributed by atoms with Crippen molar-refractivity contribution in [3.63, 3.8) is 0 Å². The van der Waals surface area contributed by atoms with E-state index in [1.54, 1.807) is 25.5 Å². The van der Waals surface area contributed by atoms with Crippen LogP contribution in [-0.2, 0) is 11.8 Å². The quantitative estimate of drug-likeness (QED) is 0.300. The van der Waals surface area contributed by atoms with Crippen LogP contribution in [0.25, 0.3) is 11.1 Å². The van der Waals surface area contributed by atoms with E-state index in [0.29, 0.717) is 11.4 Å². The Balaban J connectivity index is 1.49. The van der Waals surface area contributed by atoms with Crippen molar-refractivity contribution in [2.24, 2.45) is 7.05 Å². The maximum atomic E-state index is 13.8. The van der Waals surface area contributed by atoms with Crippen molar-refractivity contribution in [2.45, 2.75) is 12.0 Å². The lowest BCUT2D eigenvalue weighted by atomic mass is 9.84. The molecular formula is C29H26N6O2. The standard InChI is InChI=1S/C29H26N6O2/c1-35-25(16-17-32-35)28(36)34-27(26(21-8-4-2-5-9-21)22-10-6-3-7-11-22)29(37)33-24-14-12-20(13-15-24)23-18-30-31-19-23/h2-19,26-27H,1H3,(H,30,31)(H,33,37)(H,34,36)/t27-/m0/s1. The molecule has 2 amide bonds. The van der Waals surface area contributed by atoms with E-state index in [2.05, 4.69) is 25.9 Å². The van der Waals surface area contributed by atoms with E-state index in [0.717, 1.165) is 22.3 Å². The van der Waals surface area contributed by atoms with Crippen molar-refractivity contribution in [3.05, 3.63) is 126 Å². The summed E-state index contributed by atoms with van der Waals surface area (Å²) in [5, 5.41) is 16.9. The van der Waals surface area contributed by atoms with Gasteiger partial charge in [-0.2, -0.15) is 10.2 Å². The van der Waals surface area contributed by atoms with Crippen LogP contribution in [0.15, 0.2) is 110 Å². The first-order chi connectivity index (χ1) is 18.1. The first-order valence-corrected chi connectivity index (χ1v) is 11.9. The maximum absolute atomic E-state index is 13.8. The molecule has 3 aromatic carbocycles. The molecule has 1 atom stereocenters. The summed E-state index contributed by atoms with van der Waals surface area (Å²) in [5.74, 6) is -1.14. The molecule has 0 bridgehead atoms. The summed E-state index contributed by atoms with van der Waals surface area (Å²) in [6.07, 6.45) is 5.10. The molecular weight excluding hydrogens is 464 g/mol. The van der Waals surface area contributed by atoms with Gasteiger partial charge in [0.15, 0.2) is 0 Å². The summed E-state index contributed by atoms with van der Waals surface area (Å²) in [7, 11) is 1.69. The molecule has 0 aliphatic heterocycles. The Morgan fingerprint density at radius 1 is 0.838 bits per heavy atom. The molecule has 2 aromatic heterocycles. The monoisotopic (exact) mass is 490 g/mol. The maximum Gasteiger partial charge on any atom is 0.270 e. The minimum Gasteiger partial charge on any atom is -0.338 e. The first-order valence-electron chi connectivity index (χ1n) is 11.9. The molecule has 0 aliphatic carbocycles. The fourth-order valence-electron chi connectivity index (χ4n) is 4.38. The number of aryl methyl sites for hydroxylation is 1. The van der Waals surface area contributed by atoms with Crippen LogP contribution in [-0.4, -0.2) is 37.8 Å². The highest BCUT2D eigenvalue weighted by Crippen LogP contribution is 2.29. The number of carbonyl (C=O) groups excluding carboxylic acids is 2. The molecule has 0 saturated carbocycles. The molecule has 3 N–H and O–H groups in total. The van der Waals surface area contributed by atoms with Gasteiger partial charge in [0.05, 0.1) is 6.20 Å². The Labute approximate surface area is 214 Å². The zero-order valence-electron chi connectivity index (χ0n) is 20.2. The van der Waals surface area contributed by atoms with Gasteiger partial charge >= 0.3 is 0 Å². The van der Waals surface area contributed by atoms with E-state index < -0.39 is 12.0 Å². The van der Waals surface area contributed by atoms with Crippen LogP contribution in [0.4, 0.5) is 5.69 Å². The van der Waals surface area contributed by atoms with Crippen LogP contribution < -0.4 is 10.6 Å². The van der Waals surface area contributed by atoms with Crippen LogP contribution in [0.5, 0.6) is 0 Å². The van der Waals surface area contributed by atoms with Crippen LogP contribution >= 0.6 is 0 Å². The third-order valence-electron chi connectivity index (χ3n) is 6.26. The highest BCUT2D eigenvalue weighted by Gasteiger charge is 2.33. The van der Waals surface area contributed by atoms with Crippen LogP contribution in [0.2, 0.25) is 0 Å². The highest BCUT2D eigenvalue weighted by molar-refractivity contribution is 6.01. The number of hydrogen-bond donors (Lipinski definition) is 3. The lowest BCUT2D eigenvalue weighted by Gasteiger charge is -2.28. The van der Waals surface area contributed by atoms with Gasteiger partial charge in [0, 0.05) is 36.6 Å². The average Bonchev–Trinajstić information content (AvgIpc) is 3.62. The highest BCUT2D eigenvalue weighted by atomic mass is 16.2. The number of amides is 2. The minimum absolute atomic E-state index is 0.329. The number of aromatic nitrogens is 4. The second kappa shape index (κ2) is 10.7. The zero-order valence-corrected chi connectivity index (χ0v) is 20.2. The summed E-state index contributed by atoms with van der Waals surface area (Å²) in [6, 6.07) is 27.6. The molecule has 2 heterocycles. The summed E-state index contributed by atoms with van der Waals surface area (Å²) in [5.41, 5.74) is 4.73. The number of benzene rings is 3. The van der Waals surface area contributed by atoms with E-state index in [1.807, 2.05) is 91.1 Å². The van der Waals surface area contributed by atoms with E-state index in [4.69, 9.17) is 0 Å². The molecule has 0 spiro atoms. The predicted octanol–water partition coefficient (Wildman–Crippen LogP) is 4.38. The van der Waals surface area contributed by atoms with Crippen molar-refractivity contribution in [1.82, 2.24) is 25.3 Å². The number of carbonyl (C=O) groups is 2. The second-order valence-electron chi connectivity index (χ2n) is 8.64. The lowest BCUT2D eigenvalue weighted by molar-refractivity contribution is -0.118. The molecule has 0 fully saturated rings. The number of anilines is 1. The summed E-state index contributed by atoms with van der Waals surface area (Å²) >= 11 is 0. The fourth-order valence-corrected chi connectivity index (χ4v) is 4.38. The zero-order chi connectivity index (χ0) is 25.6. The average molecular weight is 491 g/mol. The lowest BCUT2D eigenvalue weighted by Crippen LogP contribution is -2.48. The van der Waals surface area contributed by atoms with E-state index in [1.165, 1.54) is 4.68 Å². The number of hydrogen-bond acceptors (Lipinski definition) is 4. The molecule has 8 heteroatoms. The largest absolute Gasteiger partial charge is 0.338 e. The normalized spacial score (nSPS) is 11.7. The van der Waals surface area contributed by atoms with Gasteiger partial charge in [0.1, 0.15) is 11.7 Å². The van der Waals surface area contributed by atoms with Gasteiger partial charge in [0.2, 0.25) is 5.91 Å². The van der Waals surface area contributed by atoms with Gasteiger partial charge in [-0.15, -0.1) is 0 Å². The molecule has 37 heavy (non-hydrogen) atoms. The molecule has 5 rings (SSSR count). The van der Waals surface area contributed by atoms with E-state index in [9.17, 15) is 9.59 Å². The topological polar surface area (TPSA) is 105 Å². The van der Waals surface area contributed by atoms with Crippen molar-refractivity contribution in [1.29, 1.82) is 0 Å². The van der Waals surface area contributed by atoms with Crippen molar-refractivity contribution in [3.8, 4) is 11.1 Å². The first kappa shape index (κ1) is 23.7. The number of rotatable bonds is 8. The third kappa shape index (κ3) is 5.33. The van der Waals surface area contributed by atoms with Gasteiger partial charge in [-0.25, -0.2) is 0 Å². The Morgan fingerprint density at radius 2 is 1.49 bits per heavy atom. The van der Waals surface area contributed by atoms with Crippen LogP contribution in [0.1, 0.15) is 27.5 Å². The van der Waals surface area contributed by atoms with Crippen molar-refractivity contribution in [2.75, 3.05) is 5.32 Å². The molecule has 0 saturated heterocycles. The van der Waals surface area contributed by atoms with Crippen molar-refractivity contribution >= 4 is 17.5 Å². The Hall–Kier alpha value is -4.98. The van der Waals surface area contributed by atoms with Gasteiger partial charge in [-0.1, -0.05) is 72.8 Å². The number of aromatic amines is 1. The fraction of sp³-hybridized carbons (Fsp3) is 0.103. The summed E-state index contributed by atoms with van der Waals surface area (Å²) in [6.45, 7) is 0. The van der Waals surface area contributed by atoms with Gasteiger partial charge in [-0.3, -0.25) is 19.4 Å². The van der Waals surface area contributed by atoms with Gasteiger partial charge < -0.3 is 10.6 Å². The Morgan fingerprint density at radius 3 is 2.03 bits per heavy atom. The number of H-pyrrole nitrogens is 1. The Bertz CT molecular complexity index is 1420. The second-order valence-corrected chi connectivity index (χ2v) is 8.64. The predicted molar refractivity (Wildman–Crippen MR) is 142 cm³/mol. The molecule has 184 valence electrons. The minimum atomic E-state index is -0.902. The van der Waals surface area contributed by atoms with E-state index >= 15 is 0 Å². The number of nitrogens with zero attached hydrogens (tertiary/aromatic N) is 3. The summed E-state index contributed by atoms with van der Waals surface area (Å²) in [4.78, 5) is 27.1. The van der Waals surface area contributed by atoms with Gasteiger partial charge in [0.25, 0.3) is 5.91 Å². The smallest absolute Gasteiger partial charge is 0.270 e. The van der Waals surface area contributed by atoms with Crippen LogP contribution in [0.3, 0.4) is 0 Å². The van der Waals surface area contributed by atoms with Crippen LogP contribution in [0, 0.1) is 0 Å². The SMILES string of the molecule is Cn1nccc1C(=O)N[C@H](C(=O)Nc1ccc(-c2cn[nH]c2)cc1)C(c1ccccc1)c1ccccc1. The summed E-state index contributed by atoms with van der Waals surface area (Å²) < 4.78 is 1.49. The van der Waals surface area contributed by atoms with Gasteiger partial charge in [-0.05, 0) is 34.9 Å². The molecule has 8 nitrogen and oxygen atoms in total. The third-order valence-corrected chi connectivity index (χ3v) is 6.26. The van der Waals surface area contributed by atoms with E-state index in [-0.39, 0.29) is 11.8 Å². The molecule has 0 aliphatic rings. The molecule has 5 aromatic rings. The molecule has 0 radical (unpaired) electrons. The Kier molecular flexibility index (Phi) is 6.89. The van der Waals surface area contributed by atoms with Crippen molar-refractivity contribution < 1.29 is 9.59 Å². The molecule has 0 unspecified atom stereocenters. The number of nitrogens with one attached hydrogen (secondary N) is 3.